The van der Waals surface area contributed by atoms with Crippen LogP contribution in [0.1, 0.15) is 5.56 Å². The van der Waals surface area contributed by atoms with E-state index in [0.29, 0.717) is 15.5 Å². The summed E-state index contributed by atoms with van der Waals surface area (Å²) in [6.07, 6.45) is -0.00617. The van der Waals surface area contributed by atoms with Crippen molar-refractivity contribution in [3.05, 3.63) is 28.8 Å². The van der Waals surface area contributed by atoms with Crippen molar-refractivity contribution in [1.82, 2.24) is 0 Å². The molecule has 0 heterocycles. The zero-order valence-corrected chi connectivity index (χ0v) is 7.77. The van der Waals surface area contributed by atoms with Crippen LogP contribution in [-0.2, 0) is 11.2 Å². The van der Waals surface area contributed by atoms with E-state index in [1.165, 1.54) is 0 Å². The lowest BCUT2D eigenvalue weighted by Crippen LogP contribution is -1.99. The van der Waals surface area contributed by atoms with Gasteiger partial charge in [0, 0.05) is 4.90 Å². The Hall–Kier alpha value is -0.670. The van der Waals surface area contributed by atoms with Crippen LogP contribution in [0.15, 0.2) is 23.1 Å². The number of thiol groups is 1. The summed E-state index contributed by atoms with van der Waals surface area (Å²) in [5.74, 6) is -0.863. The Morgan fingerprint density at radius 3 is 2.75 bits per heavy atom. The van der Waals surface area contributed by atoms with Gasteiger partial charge in [-0.25, -0.2) is 0 Å². The van der Waals surface area contributed by atoms with Crippen molar-refractivity contribution in [2.75, 3.05) is 0 Å². The zero-order valence-electron chi connectivity index (χ0n) is 6.12. The maximum atomic E-state index is 10.3. The average molecular weight is 203 g/mol. The molecule has 64 valence electrons. The fourth-order valence-electron chi connectivity index (χ4n) is 0.835. The first-order valence-corrected chi connectivity index (χ1v) is 4.11. The minimum atomic E-state index is -0.863. The molecule has 2 nitrogen and oxygen atoms in total. The van der Waals surface area contributed by atoms with E-state index in [4.69, 9.17) is 16.7 Å². The molecule has 1 N–H and O–H groups in total. The van der Waals surface area contributed by atoms with Gasteiger partial charge in [0.1, 0.15) is 0 Å². The zero-order chi connectivity index (χ0) is 9.14. The minimum Gasteiger partial charge on any atom is -0.481 e. The van der Waals surface area contributed by atoms with Gasteiger partial charge in [0.05, 0.1) is 11.4 Å². The van der Waals surface area contributed by atoms with Crippen LogP contribution >= 0.6 is 24.2 Å². The predicted octanol–water partition coefficient (Wildman–Crippen LogP) is 2.26. The minimum absolute atomic E-state index is 0.00617. The van der Waals surface area contributed by atoms with E-state index in [9.17, 15) is 4.79 Å². The second-order valence-corrected chi connectivity index (χ2v) is 3.25. The summed E-state index contributed by atoms with van der Waals surface area (Å²) in [6, 6.07) is 4.99. The van der Waals surface area contributed by atoms with Gasteiger partial charge in [-0.2, -0.15) is 0 Å². The predicted molar refractivity (Wildman–Crippen MR) is 50.0 cm³/mol. The lowest BCUT2D eigenvalue weighted by atomic mass is 10.1. The van der Waals surface area contributed by atoms with Crippen LogP contribution in [0.4, 0.5) is 0 Å². The van der Waals surface area contributed by atoms with E-state index < -0.39 is 5.97 Å². The molecule has 4 heteroatoms. The molecule has 0 aliphatic heterocycles. The van der Waals surface area contributed by atoms with Gasteiger partial charge in [-0.15, -0.1) is 12.6 Å². The number of carbonyl (C=O) groups is 1. The topological polar surface area (TPSA) is 37.3 Å². The van der Waals surface area contributed by atoms with E-state index in [2.05, 4.69) is 12.6 Å². The molecule has 1 rings (SSSR count). The van der Waals surface area contributed by atoms with E-state index in [0.717, 1.165) is 0 Å². The Bertz CT molecular complexity index is 312. The van der Waals surface area contributed by atoms with E-state index in [-0.39, 0.29) is 6.42 Å². The van der Waals surface area contributed by atoms with Gasteiger partial charge in [-0.05, 0) is 17.7 Å². The highest BCUT2D eigenvalue weighted by atomic mass is 35.5. The van der Waals surface area contributed by atoms with Crippen molar-refractivity contribution in [3.8, 4) is 0 Å². The maximum Gasteiger partial charge on any atom is 0.307 e. The van der Waals surface area contributed by atoms with Crippen LogP contribution in [0.25, 0.3) is 0 Å². The third-order valence-corrected chi connectivity index (χ3v) is 2.20. The summed E-state index contributed by atoms with van der Waals surface area (Å²) in [7, 11) is 0. The molecule has 1 aromatic rings. The molecular formula is C8H7ClO2S. The van der Waals surface area contributed by atoms with Crippen molar-refractivity contribution in [2.45, 2.75) is 11.3 Å². The molecule has 0 aliphatic carbocycles. The molecule has 1 aromatic carbocycles. The molecule has 12 heavy (non-hydrogen) atoms. The number of aliphatic carboxylic acids is 1. The van der Waals surface area contributed by atoms with Crippen LogP contribution in [0.5, 0.6) is 0 Å². The normalized spacial score (nSPS) is 9.83. The van der Waals surface area contributed by atoms with Crippen molar-refractivity contribution < 1.29 is 9.90 Å². The molecular weight excluding hydrogens is 196 g/mol. The van der Waals surface area contributed by atoms with Crippen molar-refractivity contribution in [1.29, 1.82) is 0 Å². The first-order valence-electron chi connectivity index (χ1n) is 3.29. The van der Waals surface area contributed by atoms with Gasteiger partial charge in [-0.1, -0.05) is 17.7 Å². The largest absolute Gasteiger partial charge is 0.481 e. The Balaban J connectivity index is 2.89. The molecule has 0 spiro atoms. The van der Waals surface area contributed by atoms with Crippen LogP contribution in [0, 0.1) is 0 Å². The Kier molecular flexibility index (Phi) is 3.00. The fourth-order valence-corrected chi connectivity index (χ4v) is 1.18. The summed E-state index contributed by atoms with van der Waals surface area (Å²) < 4.78 is 0. The van der Waals surface area contributed by atoms with E-state index in [1.54, 1.807) is 18.2 Å². The van der Waals surface area contributed by atoms with Gasteiger partial charge in [0.25, 0.3) is 0 Å². The van der Waals surface area contributed by atoms with Crippen molar-refractivity contribution >= 4 is 30.2 Å². The van der Waals surface area contributed by atoms with Crippen LogP contribution in [-0.4, -0.2) is 11.1 Å². The first kappa shape index (κ1) is 9.42. The van der Waals surface area contributed by atoms with Crippen LogP contribution in [0.3, 0.4) is 0 Å². The smallest absolute Gasteiger partial charge is 0.307 e. The van der Waals surface area contributed by atoms with Gasteiger partial charge in [-0.3, -0.25) is 4.79 Å². The van der Waals surface area contributed by atoms with Crippen molar-refractivity contribution in [3.63, 3.8) is 0 Å². The third kappa shape index (κ3) is 2.43. The summed E-state index contributed by atoms with van der Waals surface area (Å²) in [5, 5.41) is 8.95. The highest BCUT2D eigenvalue weighted by Crippen LogP contribution is 2.21. The average Bonchev–Trinajstić information content (AvgIpc) is 1.96. The second kappa shape index (κ2) is 3.83. The first-order chi connectivity index (χ1) is 5.59. The summed E-state index contributed by atoms with van der Waals surface area (Å²) in [5.41, 5.74) is 0.685. The molecule has 0 atom stereocenters. The van der Waals surface area contributed by atoms with Gasteiger partial charge in [0.15, 0.2) is 0 Å². The molecule has 0 saturated heterocycles. The van der Waals surface area contributed by atoms with E-state index in [1.807, 2.05) is 0 Å². The van der Waals surface area contributed by atoms with Gasteiger partial charge >= 0.3 is 5.97 Å². The van der Waals surface area contributed by atoms with E-state index >= 15 is 0 Å². The monoisotopic (exact) mass is 202 g/mol. The number of carboxylic acids is 1. The highest BCUT2D eigenvalue weighted by molar-refractivity contribution is 7.80. The lowest BCUT2D eigenvalue weighted by Gasteiger charge is -1.99. The lowest BCUT2D eigenvalue weighted by molar-refractivity contribution is -0.136. The number of carboxylic acid groups (broad SMARTS) is 1. The second-order valence-electron chi connectivity index (χ2n) is 2.36. The molecule has 0 radical (unpaired) electrons. The standard InChI is InChI=1S/C8H7ClO2S/c9-6-3-5(4-8(10)11)1-2-7(6)12/h1-3,12H,4H2,(H,10,11). The highest BCUT2D eigenvalue weighted by Gasteiger charge is 2.02. The molecule has 0 aliphatic rings. The number of hydrogen-bond acceptors (Lipinski definition) is 2. The summed E-state index contributed by atoms with van der Waals surface area (Å²) in [6.45, 7) is 0. The number of hydrogen-bond donors (Lipinski definition) is 2. The Morgan fingerprint density at radius 2 is 2.25 bits per heavy atom. The number of halogens is 1. The van der Waals surface area contributed by atoms with Gasteiger partial charge < -0.3 is 5.11 Å². The Labute approximate surface area is 80.6 Å². The molecule has 0 saturated carbocycles. The Morgan fingerprint density at radius 1 is 1.58 bits per heavy atom. The fraction of sp³-hybridized carbons (Fsp3) is 0.125. The summed E-state index contributed by atoms with van der Waals surface area (Å²) in [4.78, 5) is 11.0. The number of rotatable bonds is 2. The number of benzene rings is 1. The molecule has 0 unspecified atom stereocenters. The molecule has 0 bridgehead atoms. The maximum absolute atomic E-state index is 10.3. The molecule has 0 fully saturated rings. The van der Waals surface area contributed by atoms with Crippen molar-refractivity contribution in [2.24, 2.45) is 0 Å². The quantitative estimate of drug-likeness (QED) is 0.722. The summed E-state index contributed by atoms with van der Waals surface area (Å²) >= 11 is 9.78. The SMILES string of the molecule is O=C(O)Cc1ccc(S)c(Cl)c1. The van der Waals surface area contributed by atoms with Gasteiger partial charge in [0.2, 0.25) is 0 Å². The van der Waals surface area contributed by atoms with Crippen LogP contribution in [0.2, 0.25) is 5.02 Å². The van der Waals surface area contributed by atoms with Crippen LogP contribution < -0.4 is 0 Å². The molecule has 0 amide bonds. The molecule has 0 aromatic heterocycles. The third-order valence-electron chi connectivity index (χ3n) is 1.37.